The fourth-order valence-electron chi connectivity index (χ4n) is 1.44. The molecular formula is C9H11N3O. The van der Waals surface area contributed by atoms with Gasteiger partial charge in [0.25, 0.3) is 0 Å². The van der Waals surface area contributed by atoms with E-state index in [-0.39, 0.29) is 11.8 Å². The molecule has 0 aliphatic carbocycles. The van der Waals surface area contributed by atoms with Gasteiger partial charge >= 0.3 is 0 Å². The third-order valence-electron chi connectivity index (χ3n) is 2.13. The van der Waals surface area contributed by atoms with Crippen molar-refractivity contribution in [2.45, 2.75) is 6.42 Å². The molecular weight excluding hydrogens is 166 g/mol. The van der Waals surface area contributed by atoms with Crippen molar-refractivity contribution in [3.05, 3.63) is 24.2 Å². The molecule has 1 saturated heterocycles. The van der Waals surface area contributed by atoms with E-state index >= 15 is 0 Å². The first kappa shape index (κ1) is 8.04. The Balaban J connectivity index is 2.08. The van der Waals surface area contributed by atoms with E-state index in [4.69, 9.17) is 0 Å². The summed E-state index contributed by atoms with van der Waals surface area (Å²) in [5.41, 5.74) is 0.934. The van der Waals surface area contributed by atoms with Crippen LogP contribution in [0.25, 0.3) is 0 Å². The van der Waals surface area contributed by atoms with Crippen LogP contribution >= 0.6 is 0 Å². The van der Waals surface area contributed by atoms with Crippen molar-refractivity contribution in [3.8, 4) is 0 Å². The van der Waals surface area contributed by atoms with Crippen LogP contribution in [0, 0.1) is 5.92 Å². The number of nitrogens with one attached hydrogen (secondary N) is 2. The van der Waals surface area contributed by atoms with Gasteiger partial charge in [0.15, 0.2) is 0 Å². The van der Waals surface area contributed by atoms with E-state index in [1.54, 1.807) is 12.4 Å². The second-order valence-electron chi connectivity index (χ2n) is 3.08. The minimum absolute atomic E-state index is 0.110. The first-order valence-corrected chi connectivity index (χ1v) is 4.28. The summed E-state index contributed by atoms with van der Waals surface area (Å²) in [6.07, 6.45) is 7.75. The summed E-state index contributed by atoms with van der Waals surface area (Å²) in [7, 11) is 0. The number of aliphatic imine (C=N–C) groups is 1. The predicted octanol–water partition coefficient (Wildman–Crippen LogP) is 0.152. The minimum atomic E-state index is 0.110. The molecule has 2 heterocycles. The Hall–Kier alpha value is -1.58. The maximum Gasteiger partial charge on any atom is 0.220 e. The van der Waals surface area contributed by atoms with Crippen molar-refractivity contribution < 1.29 is 4.79 Å². The van der Waals surface area contributed by atoms with Gasteiger partial charge in [-0.3, -0.25) is 9.79 Å². The van der Waals surface area contributed by atoms with Crippen molar-refractivity contribution in [1.29, 1.82) is 0 Å². The smallest absolute Gasteiger partial charge is 0.220 e. The monoisotopic (exact) mass is 177 g/mol. The molecule has 2 aliphatic heterocycles. The number of allylic oxidation sites excluding steroid dienone is 1. The first-order valence-electron chi connectivity index (χ1n) is 4.28. The molecule has 0 aromatic rings. The minimum Gasteiger partial charge on any atom is -0.366 e. The van der Waals surface area contributed by atoms with E-state index in [9.17, 15) is 4.79 Å². The fourth-order valence-corrected chi connectivity index (χ4v) is 1.44. The van der Waals surface area contributed by atoms with E-state index in [0.717, 1.165) is 5.70 Å². The van der Waals surface area contributed by atoms with E-state index in [1.807, 2.05) is 12.3 Å². The number of hydrogen-bond acceptors (Lipinski definition) is 3. The second kappa shape index (κ2) is 3.43. The molecule has 2 aliphatic rings. The Labute approximate surface area is 76.4 Å². The molecule has 1 amide bonds. The summed E-state index contributed by atoms with van der Waals surface area (Å²) in [5.74, 6) is 0.328. The molecule has 2 N–H and O–H groups in total. The molecule has 68 valence electrons. The van der Waals surface area contributed by atoms with Gasteiger partial charge in [0.2, 0.25) is 5.91 Å². The van der Waals surface area contributed by atoms with Gasteiger partial charge in [-0.15, -0.1) is 0 Å². The highest BCUT2D eigenvalue weighted by Crippen LogP contribution is 2.19. The topological polar surface area (TPSA) is 53.5 Å². The molecule has 4 heteroatoms. The highest BCUT2D eigenvalue weighted by atomic mass is 16.1. The van der Waals surface area contributed by atoms with Gasteiger partial charge in [-0.05, 0) is 6.08 Å². The lowest BCUT2D eigenvalue weighted by Crippen LogP contribution is -2.14. The van der Waals surface area contributed by atoms with Gasteiger partial charge in [0.1, 0.15) is 0 Å². The maximum absolute atomic E-state index is 11.0. The molecule has 1 atom stereocenters. The highest BCUT2D eigenvalue weighted by molar-refractivity contribution is 5.79. The summed E-state index contributed by atoms with van der Waals surface area (Å²) >= 11 is 0. The van der Waals surface area contributed by atoms with Crippen LogP contribution in [0.4, 0.5) is 0 Å². The average Bonchev–Trinajstić information content (AvgIpc) is 2.43. The summed E-state index contributed by atoms with van der Waals surface area (Å²) in [6.45, 7) is 0.698. The summed E-state index contributed by atoms with van der Waals surface area (Å²) < 4.78 is 0. The van der Waals surface area contributed by atoms with Crippen molar-refractivity contribution >= 4 is 12.1 Å². The van der Waals surface area contributed by atoms with Crippen LogP contribution in [0.1, 0.15) is 6.42 Å². The van der Waals surface area contributed by atoms with Gasteiger partial charge in [-0.25, -0.2) is 0 Å². The molecule has 0 saturated carbocycles. The van der Waals surface area contributed by atoms with Crippen LogP contribution in [0.15, 0.2) is 29.2 Å². The molecule has 4 nitrogen and oxygen atoms in total. The third-order valence-corrected chi connectivity index (χ3v) is 2.13. The number of carbonyl (C=O) groups excluding carboxylic acids is 1. The van der Waals surface area contributed by atoms with Crippen LogP contribution < -0.4 is 10.6 Å². The molecule has 0 radical (unpaired) electrons. The summed E-state index contributed by atoms with van der Waals surface area (Å²) in [6, 6.07) is 0. The lowest BCUT2D eigenvalue weighted by atomic mass is 10.1. The lowest BCUT2D eigenvalue weighted by molar-refractivity contribution is -0.119. The summed E-state index contributed by atoms with van der Waals surface area (Å²) in [4.78, 5) is 15.2. The molecule has 0 aromatic heterocycles. The van der Waals surface area contributed by atoms with Gasteiger partial charge in [-0.1, -0.05) is 0 Å². The summed E-state index contributed by atoms with van der Waals surface area (Å²) in [5, 5.41) is 5.77. The average molecular weight is 177 g/mol. The van der Waals surface area contributed by atoms with Crippen molar-refractivity contribution in [2.75, 3.05) is 6.54 Å². The van der Waals surface area contributed by atoms with Gasteiger partial charge in [0, 0.05) is 37.5 Å². The zero-order chi connectivity index (χ0) is 9.10. The van der Waals surface area contributed by atoms with Crippen LogP contribution in [-0.2, 0) is 4.79 Å². The number of hydrogen-bond donors (Lipinski definition) is 2. The Morgan fingerprint density at radius 3 is 3.23 bits per heavy atom. The largest absolute Gasteiger partial charge is 0.366 e. The van der Waals surface area contributed by atoms with Crippen molar-refractivity contribution in [1.82, 2.24) is 10.6 Å². The normalized spacial score (nSPS) is 26.3. The van der Waals surface area contributed by atoms with E-state index in [0.29, 0.717) is 13.0 Å². The quantitative estimate of drug-likeness (QED) is 0.599. The van der Waals surface area contributed by atoms with Crippen LogP contribution in [0.3, 0.4) is 0 Å². The number of carbonyl (C=O) groups is 1. The van der Waals surface area contributed by atoms with Crippen LogP contribution in [0.2, 0.25) is 0 Å². The Morgan fingerprint density at radius 1 is 1.54 bits per heavy atom. The predicted molar refractivity (Wildman–Crippen MR) is 50.0 cm³/mol. The number of amides is 1. The van der Waals surface area contributed by atoms with E-state index < -0.39 is 0 Å². The van der Waals surface area contributed by atoms with Crippen LogP contribution in [-0.4, -0.2) is 18.7 Å². The Morgan fingerprint density at radius 2 is 2.46 bits per heavy atom. The third kappa shape index (κ3) is 1.77. The van der Waals surface area contributed by atoms with Gasteiger partial charge < -0.3 is 10.6 Å². The number of nitrogens with zero attached hydrogens (tertiary/aromatic N) is 1. The fraction of sp³-hybridized carbons (Fsp3) is 0.333. The molecule has 1 unspecified atom stereocenters. The van der Waals surface area contributed by atoms with Gasteiger partial charge in [0.05, 0.1) is 5.70 Å². The van der Waals surface area contributed by atoms with E-state index in [1.165, 1.54) is 0 Å². The Kier molecular flexibility index (Phi) is 2.12. The van der Waals surface area contributed by atoms with E-state index in [2.05, 4.69) is 15.6 Å². The number of rotatable bonds is 1. The zero-order valence-corrected chi connectivity index (χ0v) is 7.16. The zero-order valence-electron chi connectivity index (χ0n) is 7.16. The SMILES string of the molecule is O=C1CC(C2=CNC=CC=N2)CN1. The molecule has 0 bridgehead atoms. The van der Waals surface area contributed by atoms with Crippen molar-refractivity contribution in [3.63, 3.8) is 0 Å². The standard InChI is InChI=1S/C9H11N3O/c13-9-4-7(5-12-9)8-6-10-2-1-3-11-8/h1-3,6-7,10H,4-5H2,(H,12,13). The van der Waals surface area contributed by atoms with Crippen molar-refractivity contribution in [2.24, 2.45) is 10.9 Å². The highest BCUT2D eigenvalue weighted by Gasteiger charge is 2.24. The molecule has 13 heavy (non-hydrogen) atoms. The lowest BCUT2D eigenvalue weighted by Gasteiger charge is -2.06. The molecule has 0 aromatic carbocycles. The molecule has 1 fully saturated rings. The first-order chi connectivity index (χ1) is 6.36. The molecule has 0 spiro atoms. The Bertz CT molecular complexity index is 304. The maximum atomic E-state index is 11.0. The second-order valence-corrected chi connectivity index (χ2v) is 3.08. The molecule has 2 rings (SSSR count). The van der Waals surface area contributed by atoms with Crippen LogP contribution in [0.5, 0.6) is 0 Å². The van der Waals surface area contributed by atoms with Gasteiger partial charge in [-0.2, -0.15) is 0 Å².